The van der Waals surface area contributed by atoms with Crippen molar-refractivity contribution in [2.75, 3.05) is 0 Å². The highest BCUT2D eigenvalue weighted by Gasteiger charge is 2.46. The van der Waals surface area contributed by atoms with E-state index >= 15 is 0 Å². The SMILES string of the molecule is c1ccc(-c2cc(-c3ccc(C4(c5ccc6oc7ccccc7c6c5)c5ccccc5-c5ccccc54)cc3)nc(-c3ccccc3)n2)cc1. The van der Waals surface area contributed by atoms with Crippen molar-refractivity contribution in [2.24, 2.45) is 0 Å². The fourth-order valence-corrected chi connectivity index (χ4v) is 7.94. The van der Waals surface area contributed by atoms with Crippen LogP contribution in [0.25, 0.3) is 67.0 Å². The first-order valence-corrected chi connectivity index (χ1v) is 17.0. The van der Waals surface area contributed by atoms with Gasteiger partial charge in [0, 0.05) is 27.5 Å². The summed E-state index contributed by atoms with van der Waals surface area (Å²) in [5.74, 6) is 0.710. The highest BCUT2D eigenvalue weighted by Crippen LogP contribution is 2.56. The molecule has 9 aromatic rings. The molecule has 2 aromatic heterocycles. The second-order valence-electron chi connectivity index (χ2n) is 12.9. The van der Waals surface area contributed by atoms with Crippen molar-refractivity contribution in [2.45, 2.75) is 5.41 Å². The third-order valence-corrected chi connectivity index (χ3v) is 10.2. The largest absolute Gasteiger partial charge is 0.456 e. The Labute approximate surface area is 290 Å². The predicted molar refractivity (Wildman–Crippen MR) is 203 cm³/mol. The quantitative estimate of drug-likeness (QED) is 0.188. The molecule has 0 unspecified atom stereocenters. The zero-order chi connectivity index (χ0) is 33.1. The van der Waals surface area contributed by atoms with Crippen molar-refractivity contribution in [1.82, 2.24) is 9.97 Å². The van der Waals surface area contributed by atoms with E-state index in [2.05, 4.69) is 146 Å². The summed E-state index contributed by atoms with van der Waals surface area (Å²) in [5.41, 5.74) is 13.6. The number of para-hydroxylation sites is 1. The molecule has 3 heteroatoms. The summed E-state index contributed by atoms with van der Waals surface area (Å²) in [6.07, 6.45) is 0. The molecule has 234 valence electrons. The van der Waals surface area contributed by atoms with Crippen LogP contribution in [0.4, 0.5) is 0 Å². The molecule has 0 saturated heterocycles. The van der Waals surface area contributed by atoms with Crippen molar-refractivity contribution < 1.29 is 4.42 Å². The van der Waals surface area contributed by atoms with Crippen LogP contribution < -0.4 is 0 Å². The first-order valence-electron chi connectivity index (χ1n) is 17.0. The fraction of sp³-hybridized carbons (Fsp3) is 0.0213. The Bertz CT molecular complexity index is 2590. The summed E-state index contributed by atoms with van der Waals surface area (Å²) >= 11 is 0. The molecule has 2 heterocycles. The molecule has 1 aliphatic carbocycles. The minimum Gasteiger partial charge on any atom is -0.456 e. The zero-order valence-electron chi connectivity index (χ0n) is 27.1. The molecule has 3 nitrogen and oxygen atoms in total. The van der Waals surface area contributed by atoms with E-state index in [0.717, 1.165) is 50.0 Å². The van der Waals surface area contributed by atoms with Gasteiger partial charge in [-0.15, -0.1) is 0 Å². The van der Waals surface area contributed by atoms with E-state index in [-0.39, 0.29) is 0 Å². The number of rotatable bonds is 5. The molecule has 7 aromatic carbocycles. The van der Waals surface area contributed by atoms with Gasteiger partial charge in [0.1, 0.15) is 11.2 Å². The van der Waals surface area contributed by atoms with E-state index in [4.69, 9.17) is 14.4 Å². The number of fused-ring (bicyclic) bond motifs is 6. The number of hydrogen-bond acceptors (Lipinski definition) is 3. The molecule has 1 aliphatic rings. The molecule has 0 radical (unpaired) electrons. The van der Waals surface area contributed by atoms with Crippen molar-refractivity contribution in [3.63, 3.8) is 0 Å². The molecule has 0 atom stereocenters. The van der Waals surface area contributed by atoms with Crippen molar-refractivity contribution >= 4 is 21.9 Å². The van der Waals surface area contributed by atoms with Crippen LogP contribution in [0.1, 0.15) is 22.3 Å². The Morgan fingerprint density at radius 1 is 0.380 bits per heavy atom. The first kappa shape index (κ1) is 28.4. The van der Waals surface area contributed by atoms with Crippen LogP contribution >= 0.6 is 0 Å². The summed E-state index contributed by atoms with van der Waals surface area (Å²) in [4.78, 5) is 10.1. The van der Waals surface area contributed by atoms with Crippen LogP contribution in [0, 0.1) is 0 Å². The van der Waals surface area contributed by atoms with Gasteiger partial charge >= 0.3 is 0 Å². The van der Waals surface area contributed by atoms with Crippen molar-refractivity contribution in [3.8, 4) is 45.0 Å². The molecule has 0 saturated carbocycles. The smallest absolute Gasteiger partial charge is 0.160 e. The van der Waals surface area contributed by atoms with Crippen LogP contribution in [0.15, 0.2) is 186 Å². The van der Waals surface area contributed by atoms with Gasteiger partial charge in [-0.1, -0.05) is 158 Å². The lowest BCUT2D eigenvalue weighted by Gasteiger charge is -2.34. The van der Waals surface area contributed by atoms with Crippen LogP contribution in [0.2, 0.25) is 0 Å². The lowest BCUT2D eigenvalue weighted by atomic mass is 9.67. The van der Waals surface area contributed by atoms with Crippen LogP contribution in [-0.2, 0) is 5.41 Å². The van der Waals surface area contributed by atoms with Gasteiger partial charge in [0.2, 0.25) is 0 Å². The molecule has 0 fully saturated rings. The van der Waals surface area contributed by atoms with Gasteiger partial charge in [0.15, 0.2) is 5.82 Å². The van der Waals surface area contributed by atoms with Crippen molar-refractivity contribution in [3.05, 3.63) is 204 Å². The molecule has 0 spiro atoms. The Morgan fingerprint density at radius 3 is 1.58 bits per heavy atom. The standard InChI is InChI=1S/C47H30N2O/c1-3-13-31(14-4-1)42-30-43(49-46(48-42)33-15-5-2-6-16-33)32-23-25-34(26-24-32)47(40-20-10-7-17-36(40)37-18-8-11-21-41(37)47)35-27-28-45-39(29-35)38-19-9-12-22-44(38)50-45/h1-30H. The maximum atomic E-state index is 6.28. The normalized spacial score (nSPS) is 13.0. The second kappa shape index (κ2) is 11.3. The molecule has 0 bridgehead atoms. The van der Waals surface area contributed by atoms with Crippen LogP contribution in [0.3, 0.4) is 0 Å². The van der Waals surface area contributed by atoms with Gasteiger partial charge in [0.25, 0.3) is 0 Å². The summed E-state index contributed by atoms with van der Waals surface area (Å²) in [6.45, 7) is 0. The van der Waals surface area contributed by atoms with Crippen LogP contribution in [0.5, 0.6) is 0 Å². The zero-order valence-corrected chi connectivity index (χ0v) is 27.1. The average Bonchev–Trinajstić information content (AvgIpc) is 3.72. The van der Waals surface area contributed by atoms with Gasteiger partial charge in [0.05, 0.1) is 16.8 Å². The van der Waals surface area contributed by atoms with Gasteiger partial charge in [-0.3, -0.25) is 0 Å². The Balaban J connectivity index is 1.19. The maximum Gasteiger partial charge on any atom is 0.160 e. The molecule has 50 heavy (non-hydrogen) atoms. The Hall–Kier alpha value is -6.58. The summed E-state index contributed by atoms with van der Waals surface area (Å²) in [7, 11) is 0. The predicted octanol–water partition coefficient (Wildman–Crippen LogP) is 11.7. The molecular formula is C47H30N2O. The number of nitrogens with zero attached hydrogens (tertiary/aromatic N) is 2. The van der Waals surface area contributed by atoms with E-state index in [1.54, 1.807) is 0 Å². The summed E-state index contributed by atoms with van der Waals surface area (Å²) in [6, 6.07) is 64.4. The highest BCUT2D eigenvalue weighted by molar-refractivity contribution is 6.05. The van der Waals surface area contributed by atoms with E-state index in [0.29, 0.717) is 5.82 Å². The van der Waals surface area contributed by atoms with Gasteiger partial charge in [-0.25, -0.2) is 9.97 Å². The van der Waals surface area contributed by atoms with Gasteiger partial charge in [-0.05, 0) is 57.6 Å². The minimum atomic E-state index is -0.533. The number of furan rings is 1. The molecule has 0 N–H and O–H groups in total. The molecule has 0 amide bonds. The minimum absolute atomic E-state index is 0.533. The second-order valence-corrected chi connectivity index (χ2v) is 12.9. The topological polar surface area (TPSA) is 38.9 Å². The average molecular weight is 639 g/mol. The Kier molecular flexibility index (Phi) is 6.40. The van der Waals surface area contributed by atoms with E-state index in [1.165, 1.54) is 33.4 Å². The summed E-state index contributed by atoms with van der Waals surface area (Å²) in [5, 5.41) is 2.25. The van der Waals surface area contributed by atoms with Crippen LogP contribution in [-0.4, -0.2) is 9.97 Å². The first-order chi connectivity index (χ1) is 24.8. The van der Waals surface area contributed by atoms with Crippen molar-refractivity contribution in [1.29, 1.82) is 0 Å². The van der Waals surface area contributed by atoms with E-state index in [1.807, 2.05) is 36.4 Å². The van der Waals surface area contributed by atoms with Gasteiger partial charge in [-0.2, -0.15) is 0 Å². The lowest BCUT2D eigenvalue weighted by Crippen LogP contribution is -2.28. The van der Waals surface area contributed by atoms with E-state index in [9.17, 15) is 0 Å². The number of aromatic nitrogens is 2. The third-order valence-electron chi connectivity index (χ3n) is 10.2. The molecule has 0 aliphatic heterocycles. The maximum absolute atomic E-state index is 6.28. The monoisotopic (exact) mass is 638 g/mol. The molecular weight excluding hydrogens is 609 g/mol. The Morgan fingerprint density at radius 2 is 0.900 bits per heavy atom. The number of benzene rings is 7. The lowest BCUT2D eigenvalue weighted by molar-refractivity contribution is 0.668. The fourth-order valence-electron chi connectivity index (χ4n) is 7.94. The highest BCUT2D eigenvalue weighted by atomic mass is 16.3. The third kappa shape index (κ3) is 4.30. The number of hydrogen-bond donors (Lipinski definition) is 0. The summed E-state index contributed by atoms with van der Waals surface area (Å²) < 4.78 is 6.28. The molecule has 10 rings (SSSR count). The van der Waals surface area contributed by atoms with Gasteiger partial charge < -0.3 is 4.42 Å². The van der Waals surface area contributed by atoms with E-state index < -0.39 is 5.41 Å².